The molecule has 0 bridgehead atoms. The van der Waals surface area contributed by atoms with Crippen molar-refractivity contribution >= 4 is 23.1 Å². The number of aromatic nitrogens is 2. The number of aromatic amines is 1. The molecule has 3 N–H and O–H groups in total. The number of rotatable bonds is 5. The Kier molecular flexibility index (Phi) is 6.49. The molecule has 4 rings (SSSR count). The molecule has 8 heteroatoms. The first-order valence-corrected chi connectivity index (χ1v) is 11.9. The molecule has 0 atom stereocenters. The van der Waals surface area contributed by atoms with E-state index in [1.54, 1.807) is 0 Å². The molecule has 1 saturated carbocycles. The summed E-state index contributed by atoms with van der Waals surface area (Å²) in [4.78, 5) is 31.0. The lowest BCUT2D eigenvalue weighted by Crippen LogP contribution is -2.33. The number of nitriles is 2. The monoisotopic (exact) mass is 471 g/mol. The summed E-state index contributed by atoms with van der Waals surface area (Å²) in [5.74, 6) is -1.61. The van der Waals surface area contributed by atoms with Crippen molar-refractivity contribution in [2.75, 3.05) is 5.32 Å². The number of nitrogens with one attached hydrogen (secondary N) is 2. The van der Waals surface area contributed by atoms with Crippen LogP contribution in [0.15, 0.2) is 30.5 Å². The summed E-state index contributed by atoms with van der Waals surface area (Å²) in [6.07, 6.45) is 8.19. The van der Waals surface area contributed by atoms with Crippen LogP contribution in [0.25, 0.3) is 5.57 Å². The molecule has 8 nitrogen and oxygen atoms in total. The van der Waals surface area contributed by atoms with E-state index in [4.69, 9.17) is 5.26 Å². The maximum absolute atomic E-state index is 12.8. The standard InChI is InChI=1S/C27H29N5O3/c1-26(2)9-5-17(6-10-26)21-13-19(27(16-29)11-7-18(8-12-27)25(34)35)3-4-22(21)32-24(33)23-30-15-20(14-28)31-23/h3-5,13,15,18H,6-12H2,1-2H3,(H,30,31)(H,32,33)(H,34,35). The Labute approximate surface area is 204 Å². The van der Waals surface area contributed by atoms with E-state index in [2.05, 4.69) is 41.3 Å². The summed E-state index contributed by atoms with van der Waals surface area (Å²) >= 11 is 0. The molecule has 1 aromatic heterocycles. The number of hydrogen-bond donors (Lipinski definition) is 3. The molecule has 0 radical (unpaired) electrons. The number of aliphatic carboxylic acids is 1. The van der Waals surface area contributed by atoms with Gasteiger partial charge in [-0.2, -0.15) is 10.5 Å². The summed E-state index contributed by atoms with van der Waals surface area (Å²) in [6.45, 7) is 4.46. The van der Waals surface area contributed by atoms with Gasteiger partial charge in [0.2, 0.25) is 0 Å². The minimum Gasteiger partial charge on any atom is -0.481 e. The molecule has 2 aliphatic carbocycles. The third-order valence-corrected chi connectivity index (χ3v) is 7.45. The Morgan fingerprint density at radius 1 is 1.20 bits per heavy atom. The maximum Gasteiger partial charge on any atom is 0.306 e. The third-order valence-electron chi connectivity index (χ3n) is 7.45. The van der Waals surface area contributed by atoms with E-state index < -0.39 is 23.2 Å². The summed E-state index contributed by atoms with van der Waals surface area (Å²) in [6, 6.07) is 10.1. The van der Waals surface area contributed by atoms with Gasteiger partial charge in [-0.05, 0) is 73.6 Å². The van der Waals surface area contributed by atoms with Gasteiger partial charge >= 0.3 is 5.97 Å². The van der Waals surface area contributed by atoms with E-state index in [1.807, 2.05) is 24.3 Å². The van der Waals surface area contributed by atoms with Crippen LogP contribution in [0.4, 0.5) is 5.69 Å². The zero-order chi connectivity index (χ0) is 25.2. The molecule has 1 aromatic carbocycles. The number of carboxylic acids is 1. The van der Waals surface area contributed by atoms with Crippen molar-refractivity contribution in [1.29, 1.82) is 10.5 Å². The van der Waals surface area contributed by atoms with Crippen molar-refractivity contribution < 1.29 is 14.7 Å². The number of carbonyl (C=O) groups is 2. The van der Waals surface area contributed by atoms with Crippen molar-refractivity contribution in [3.8, 4) is 12.1 Å². The van der Waals surface area contributed by atoms with E-state index in [1.165, 1.54) is 6.20 Å². The normalized spacial score (nSPS) is 23.4. The van der Waals surface area contributed by atoms with Crippen LogP contribution in [-0.4, -0.2) is 27.0 Å². The fraction of sp³-hybridized carbons (Fsp3) is 0.444. The van der Waals surface area contributed by atoms with Crippen molar-refractivity contribution in [3.05, 3.63) is 53.1 Å². The fourth-order valence-corrected chi connectivity index (χ4v) is 5.04. The lowest BCUT2D eigenvalue weighted by Gasteiger charge is -2.35. The van der Waals surface area contributed by atoms with E-state index in [9.17, 15) is 20.0 Å². The number of allylic oxidation sites excluding steroid dienone is 2. The van der Waals surface area contributed by atoms with Gasteiger partial charge in [0.15, 0.2) is 5.82 Å². The minimum atomic E-state index is -0.803. The highest BCUT2D eigenvalue weighted by Gasteiger charge is 2.39. The molecule has 0 unspecified atom stereocenters. The predicted molar refractivity (Wildman–Crippen MR) is 130 cm³/mol. The Balaban J connectivity index is 1.70. The second-order valence-corrected chi connectivity index (χ2v) is 10.4. The SMILES string of the molecule is CC1(C)CC=C(c2cc(C3(C#N)CCC(C(=O)O)CC3)ccc2NC(=O)c2ncc(C#N)[nH]2)CC1. The lowest BCUT2D eigenvalue weighted by molar-refractivity contribution is -0.143. The highest BCUT2D eigenvalue weighted by atomic mass is 16.4. The fourth-order valence-electron chi connectivity index (χ4n) is 5.04. The molecule has 2 aromatic rings. The van der Waals surface area contributed by atoms with Crippen molar-refractivity contribution in [1.82, 2.24) is 9.97 Å². The molecule has 1 heterocycles. The van der Waals surface area contributed by atoms with E-state index in [0.29, 0.717) is 31.4 Å². The summed E-state index contributed by atoms with van der Waals surface area (Å²) in [5, 5.41) is 31.5. The van der Waals surface area contributed by atoms with E-state index in [0.717, 1.165) is 36.0 Å². The number of benzene rings is 1. The quantitative estimate of drug-likeness (QED) is 0.549. The second-order valence-electron chi connectivity index (χ2n) is 10.4. The van der Waals surface area contributed by atoms with Crippen molar-refractivity contribution in [3.63, 3.8) is 0 Å². The minimum absolute atomic E-state index is 0.0517. The number of amides is 1. The number of carbonyl (C=O) groups excluding carboxylic acids is 1. The first-order chi connectivity index (χ1) is 16.7. The first kappa shape index (κ1) is 24.2. The van der Waals surface area contributed by atoms with Gasteiger partial charge in [-0.25, -0.2) is 4.98 Å². The summed E-state index contributed by atoms with van der Waals surface area (Å²) < 4.78 is 0. The van der Waals surface area contributed by atoms with E-state index in [-0.39, 0.29) is 16.9 Å². The zero-order valence-electron chi connectivity index (χ0n) is 20.0. The van der Waals surface area contributed by atoms with Gasteiger partial charge in [0.25, 0.3) is 5.91 Å². The van der Waals surface area contributed by atoms with Crippen LogP contribution in [-0.2, 0) is 10.2 Å². The maximum atomic E-state index is 12.8. The van der Waals surface area contributed by atoms with Crippen LogP contribution < -0.4 is 5.32 Å². The van der Waals surface area contributed by atoms with Crippen LogP contribution in [0.3, 0.4) is 0 Å². The highest BCUT2D eigenvalue weighted by Crippen LogP contribution is 2.45. The number of anilines is 1. The van der Waals surface area contributed by atoms with E-state index >= 15 is 0 Å². The van der Waals surface area contributed by atoms with Crippen LogP contribution in [0, 0.1) is 34.0 Å². The van der Waals surface area contributed by atoms with Crippen LogP contribution in [0.2, 0.25) is 0 Å². The second kappa shape index (κ2) is 9.38. The smallest absolute Gasteiger partial charge is 0.306 e. The number of nitrogens with zero attached hydrogens (tertiary/aromatic N) is 3. The van der Waals surface area contributed by atoms with Gasteiger partial charge < -0.3 is 15.4 Å². The topological polar surface area (TPSA) is 143 Å². The Morgan fingerprint density at radius 2 is 1.94 bits per heavy atom. The Hall–Kier alpha value is -3.91. The van der Waals surface area contributed by atoms with Gasteiger partial charge in [-0.3, -0.25) is 9.59 Å². The molecule has 35 heavy (non-hydrogen) atoms. The summed E-state index contributed by atoms with van der Waals surface area (Å²) in [5.41, 5.74) is 3.12. The molecule has 2 aliphatic rings. The Bertz CT molecular complexity index is 1270. The molecule has 0 saturated heterocycles. The number of imidazole rings is 1. The van der Waals surface area contributed by atoms with Crippen LogP contribution >= 0.6 is 0 Å². The molecule has 0 spiro atoms. The van der Waals surface area contributed by atoms with Crippen molar-refractivity contribution in [2.24, 2.45) is 11.3 Å². The predicted octanol–water partition coefficient (Wildman–Crippen LogP) is 5.16. The first-order valence-electron chi connectivity index (χ1n) is 11.9. The summed E-state index contributed by atoms with van der Waals surface area (Å²) in [7, 11) is 0. The molecular weight excluding hydrogens is 442 g/mol. The Morgan fingerprint density at radius 3 is 2.51 bits per heavy atom. The molecule has 1 amide bonds. The largest absolute Gasteiger partial charge is 0.481 e. The van der Waals surface area contributed by atoms with Gasteiger partial charge in [0.1, 0.15) is 11.8 Å². The van der Waals surface area contributed by atoms with Crippen LogP contribution in [0.5, 0.6) is 0 Å². The van der Waals surface area contributed by atoms with Gasteiger partial charge in [0.05, 0.1) is 23.6 Å². The molecule has 0 aliphatic heterocycles. The number of hydrogen-bond acceptors (Lipinski definition) is 5. The molecular formula is C27H29N5O3. The average molecular weight is 472 g/mol. The van der Waals surface area contributed by atoms with Crippen LogP contribution in [0.1, 0.15) is 86.2 Å². The van der Waals surface area contributed by atoms with Gasteiger partial charge in [0, 0.05) is 11.3 Å². The number of H-pyrrole nitrogens is 1. The van der Waals surface area contributed by atoms with Gasteiger partial charge in [-0.15, -0.1) is 0 Å². The lowest BCUT2D eigenvalue weighted by atomic mass is 9.67. The van der Waals surface area contributed by atoms with Gasteiger partial charge in [-0.1, -0.05) is 26.0 Å². The van der Waals surface area contributed by atoms with Crippen molar-refractivity contribution in [2.45, 2.75) is 64.2 Å². The average Bonchev–Trinajstić information content (AvgIpc) is 3.34. The molecule has 180 valence electrons. The zero-order valence-corrected chi connectivity index (χ0v) is 20.0. The highest BCUT2D eigenvalue weighted by molar-refractivity contribution is 6.03. The molecule has 1 fully saturated rings. The number of carboxylic acid groups (broad SMARTS) is 1. The third kappa shape index (κ3) is 4.97.